The molecule has 0 unspecified atom stereocenters. The Labute approximate surface area is 214 Å². The maximum Gasteiger partial charge on any atom is 0.257 e. The Morgan fingerprint density at radius 3 is 1.58 bits per heavy atom. The van der Waals surface area contributed by atoms with Crippen molar-refractivity contribution in [1.82, 2.24) is 9.80 Å². The van der Waals surface area contributed by atoms with E-state index in [4.69, 9.17) is 0 Å². The van der Waals surface area contributed by atoms with Crippen molar-refractivity contribution >= 4 is 23.6 Å². The van der Waals surface area contributed by atoms with Crippen molar-refractivity contribution in [2.24, 2.45) is 23.7 Å². The summed E-state index contributed by atoms with van der Waals surface area (Å²) in [5.74, 6) is 2.30. The molecule has 0 radical (unpaired) electrons. The Bertz CT molecular complexity index is 953. The second kappa shape index (κ2) is 10.9. The van der Waals surface area contributed by atoms with Crippen LogP contribution < -0.4 is 0 Å². The van der Waals surface area contributed by atoms with Gasteiger partial charge in [-0.2, -0.15) is 0 Å². The number of hydrogen-bond donors (Lipinski definition) is 0. The third-order valence-electron chi connectivity index (χ3n) is 9.60. The Hall–Kier alpha value is -2.50. The summed E-state index contributed by atoms with van der Waals surface area (Å²) in [6.45, 7) is 1.94. The molecule has 6 heteroatoms. The summed E-state index contributed by atoms with van der Waals surface area (Å²) < 4.78 is 0. The highest BCUT2D eigenvalue weighted by molar-refractivity contribution is 6.16. The van der Waals surface area contributed by atoms with Gasteiger partial charge in [0.25, 0.3) is 23.6 Å². The first-order valence-electron chi connectivity index (χ1n) is 14.3. The van der Waals surface area contributed by atoms with Crippen molar-refractivity contribution < 1.29 is 19.2 Å². The second-order valence-electron chi connectivity index (χ2n) is 11.6. The summed E-state index contributed by atoms with van der Waals surface area (Å²) in [5.41, 5.74) is 0.663. The van der Waals surface area contributed by atoms with E-state index in [2.05, 4.69) is 12.2 Å². The van der Waals surface area contributed by atoms with E-state index in [0.717, 1.165) is 63.2 Å². The summed E-state index contributed by atoms with van der Waals surface area (Å²) in [4.78, 5) is 51.8. The van der Waals surface area contributed by atoms with Crippen LogP contribution in [0.5, 0.6) is 0 Å². The van der Waals surface area contributed by atoms with Crippen molar-refractivity contribution in [3.05, 3.63) is 36.0 Å². The fourth-order valence-electron chi connectivity index (χ4n) is 7.41. The van der Waals surface area contributed by atoms with Gasteiger partial charge in [0.1, 0.15) is 0 Å². The van der Waals surface area contributed by atoms with Crippen LogP contribution in [-0.2, 0) is 19.2 Å². The summed E-state index contributed by atoms with van der Waals surface area (Å²) in [7, 11) is 0. The molecule has 3 aliphatic carbocycles. The van der Waals surface area contributed by atoms with Crippen LogP contribution in [0.2, 0.25) is 0 Å². The van der Waals surface area contributed by atoms with Gasteiger partial charge in [0.15, 0.2) is 0 Å². The maximum atomic E-state index is 12.5. The van der Waals surface area contributed by atoms with E-state index in [-0.39, 0.29) is 35.7 Å². The topological polar surface area (TPSA) is 74.8 Å². The molecule has 0 atom stereocenters. The van der Waals surface area contributed by atoms with Crippen molar-refractivity contribution in [1.29, 1.82) is 0 Å². The lowest BCUT2D eigenvalue weighted by atomic mass is 9.70. The molecule has 0 aromatic rings. The monoisotopic (exact) mass is 492 g/mol. The predicted molar refractivity (Wildman–Crippen MR) is 137 cm³/mol. The fraction of sp³-hybridized carbons (Fsp3) is 0.667. The van der Waals surface area contributed by atoms with Gasteiger partial charge in [0, 0.05) is 35.9 Å². The van der Waals surface area contributed by atoms with Gasteiger partial charge in [-0.15, -0.1) is 0 Å². The number of carbonyl (C=O) groups excluding carboxylic acids is 4. The summed E-state index contributed by atoms with van der Waals surface area (Å²) in [5, 5.41) is 0. The molecule has 5 aliphatic rings. The highest BCUT2D eigenvalue weighted by Crippen LogP contribution is 2.42. The number of imide groups is 2. The molecule has 0 N–H and O–H groups in total. The summed E-state index contributed by atoms with van der Waals surface area (Å²) in [6, 6.07) is 0.163. The molecule has 36 heavy (non-hydrogen) atoms. The molecule has 3 fully saturated rings. The normalized spacial score (nSPS) is 35.9. The molecule has 5 rings (SSSR count). The van der Waals surface area contributed by atoms with E-state index < -0.39 is 0 Å². The third kappa shape index (κ3) is 5.14. The zero-order valence-electron chi connectivity index (χ0n) is 21.6. The van der Waals surface area contributed by atoms with Crippen LogP contribution in [0.15, 0.2) is 36.0 Å². The first-order chi connectivity index (χ1) is 17.4. The zero-order valence-corrected chi connectivity index (χ0v) is 21.6. The third-order valence-corrected chi connectivity index (χ3v) is 9.60. The molecule has 0 spiro atoms. The number of amides is 4. The van der Waals surface area contributed by atoms with Crippen molar-refractivity contribution in [3.8, 4) is 0 Å². The van der Waals surface area contributed by atoms with Gasteiger partial charge in [-0.25, -0.2) is 0 Å². The van der Waals surface area contributed by atoms with Crippen LogP contribution in [0.4, 0.5) is 0 Å². The Kier molecular flexibility index (Phi) is 7.59. The zero-order chi connectivity index (χ0) is 25.2. The van der Waals surface area contributed by atoms with E-state index in [9.17, 15) is 19.2 Å². The first-order valence-corrected chi connectivity index (χ1v) is 14.3. The molecule has 3 saturated carbocycles. The minimum Gasteiger partial charge on any atom is -0.272 e. The predicted octanol–water partition coefficient (Wildman–Crippen LogP) is 5.10. The SMILES string of the molecule is CCC1=CC(=O)N(C2CCC(C3CCC(/C=C/C4CCC(N5C(=O)C=CC5=O)CC4)CC3)CC2)C1=O. The van der Waals surface area contributed by atoms with E-state index in [0.29, 0.717) is 23.8 Å². The maximum absolute atomic E-state index is 12.5. The van der Waals surface area contributed by atoms with Crippen LogP contribution in [0.3, 0.4) is 0 Å². The molecule has 2 aliphatic heterocycles. The minimum atomic E-state index is -0.148. The number of rotatable bonds is 6. The molecule has 4 amide bonds. The number of hydrogen-bond acceptors (Lipinski definition) is 4. The van der Waals surface area contributed by atoms with Gasteiger partial charge < -0.3 is 0 Å². The van der Waals surface area contributed by atoms with Crippen LogP contribution in [0.1, 0.15) is 90.4 Å². The second-order valence-corrected chi connectivity index (χ2v) is 11.6. The quantitative estimate of drug-likeness (QED) is 0.382. The van der Waals surface area contributed by atoms with E-state index >= 15 is 0 Å². The Balaban J connectivity index is 1.02. The largest absolute Gasteiger partial charge is 0.272 e. The molecule has 0 aromatic carbocycles. The Morgan fingerprint density at radius 2 is 1.08 bits per heavy atom. The lowest BCUT2D eigenvalue weighted by Crippen LogP contribution is -2.43. The average molecular weight is 493 g/mol. The van der Waals surface area contributed by atoms with Crippen LogP contribution in [0.25, 0.3) is 0 Å². The molecule has 0 aromatic heterocycles. The molecule has 0 saturated heterocycles. The highest BCUT2D eigenvalue weighted by Gasteiger charge is 2.39. The molecular formula is C30H40N2O4. The van der Waals surface area contributed by atoms with Crippen LogP contribution in [0, 0.1) is 23.7 Å². The Morgan fingerprint density at radius 1 is 0.639 bits per heavy atom. The van der Waals surface area contributed by atoms with Crippen molar-refractivity contribution in [2.45, 2.75) is 102 Å². The molecule has 6 nitrogen and oxygen atoms in total. The van der Waals surface area contributed by atoms with Crippen LogP contribution >= 0.6 is 0 Å². The average Bonchev–Trinajstić information content (AvgIpc) is 3.39. The summed E-state index contributed by atoms with van der Waals surface area (Å²) >= 11 is 0. The van der Waals surface area contributed by atoms with Gasteiger partial charge >= 0.3 is 0 Å². The first kappa shape index (κ1) is 25.2. The number of carbonyl (C=O) groups is 4. The molecule has 194 valence electrons. The van der Waals surface area contributed by atoms with Gasteiger partial charge in [0.2, 0.25) is 0 Å². The molecular weight excluding hydrogens is 452 g/mol. The fourth-order valence-corrected chi connectivity index (χ4v) is 7.41. The number of allylic oxidation sites excluding steroid dienone is 2. The van der Waals surface area contributed by atoms with E-state index in [1.165, 1.54) is 42.7 Å². The van der Waals surface area contributed by atoms with Crippen molar-refractivity contribution in [2.75, 3.05) is 0 Å². The van der Waals surface area contributed by atoms with Crippen LogP contribution in [-0.4, -0.2) is 45.5 Å². The number of nitrogens with zero attached hydrogens (tertiary/aromatic N) is 2. The molecule has 0 bridgehead atoms. The smallest absolute Gasteiger partial charge is 0.257 e. The standard InChI is InChI=1S/C30H40N2O4/c1-2-22-19-29(35)32(30(22)36)26-15-11-24(12-16-26)23-9-5-20(6-10-23)3-4-21-7-13-25(14-8-21)31-27(33)17-18-28(31)34/h3-4,17-21,23-26H,2,5-16H2,1H3/b4-3+. The van der Waals surface area contributed by atoms with Gasteiger partial charge in [-0.3, -0.25) is 29.0 Å². The van der Waals surface area contributed by atoms with Gasteiger partial charge in [-0.05, 0) is 107 Å². The van der Waals surface area contributed by atoms with Gasteiger partial charge in [-0.1, -0.05) is 19.1 Å². The summed E-state index contributed by atoms with van der Waals surface area (Å²) in [6.07, 6.45) is 23.0. The minimum absolute atomic E-state index is 0.0539. The lowest BCUT2D eigenvalue weighted by molar-refractivity contribution is -0.142. The lowest BCUT2D eigenvalue weighted by Gasteiger charge is -2.39. The molecule has 2 heterocycles. The van der Waals surface area contributed by atoms with E-state index in [1.54, 1.807) is 11.0 Å². The van der Waals surface area contributed by atoms with Gasteiger partial charge in [0.05, 0.1) is 0 Å². The van der Waals surface area contributed by atoms with Crippen molar-refractivity contribution in [3.63, 3.8) is 0 Å². The highest BCUT2D eigenvalue weighted by atomic mass is 16.2. The van der Waals surface area contributed by atoms with E-state index in [1.807, 2.05) is 6.92 Å².